The lowest BCUT2D eigenvalue weighted by Crippen LogP contribution is -2.51. The Hall–Kier alpha value is -4.68. The van der Waals surface area contributed by atoms with Crippen LogP contribution in [0.5, 0.6) is 0 Å². The highest BCUT2D eigenvalue weighted by atomic mass is 14.6. The van der Waals surface area contributed by atoms with E-state index in [0.29, 0.717) is 29.6 Å². The number of hydrogen-bond donors (Lipinski definition) is 0. The van der Waals surface area contributed by atoms with Gasteiger partial charge in [0.1, 0.15) is 0 Å². The topological polar surface area (TPSA) is 0 Å². The monoisotopic (exact) mass is 739 g/mol. The molecule has 6 aromatic carbocycles. The third kappa shape index (κ3) is 9.81. The zero-order valence-electron chi connectivity index (χ0n) is 34.8. The zero-order valence-corrected chi connectivity index (χ0v) is 34.8. The highest BCUT2D eigenvalue weighted by Gasteiger charge is 2.55. The lowest BCUT2D eigenvalue weighted by Gasteiger charge is -2.57. The Morgan fingerprint density at radius 2 is 0.839 bits per heavy atom. The second-order valence-electron chi connectivity index (χ2n) is 17.0. The van der Waals surface area contributed by atoms with Gasteiger partial charge in [-0.1, -0.05) is 229 Å². The van der Waals surface area contributed by atoms with Gasteiger partial charge in [0, 0.05) is 5.41 Å². The van der Waals surface area contributed by atoms with E-state index in [9.17, 15) is 0 Å². The standard InChI is InChI=1S/C56H66/c1-6-50(42-49-33-17-9-18-34-49)46(5)55(52-37-21-11-22-38-52)56(53-39-23-12-24-40-53,44(3)27-25-26-30-47-28-13-7-14-29-47)54(51-35-19-10-20-36-51)45(4)43(2)41-48-31-15-8-16-32-48/h7-24,28-29,31-40,43-46,50,54-55H,6,25-27,30,41-42H2,1-5H3. The van der Waals surface area contributed by atoms with Gasteiger partial charge in [0.25, 0.3) is 0 Å². The molecule has 8 unspecified atom stereocenters. The molecule has 0 nitrogen and oxygen atoms in total. The summed E-state index contributed by atoms with van der Waals surface area (Å²) >= 11 is 0. The van der Waals surface area contributed by atoms with Crippen molar-refractivity contribution < 1.29 is 0 Å². The summed E-state index contributed by atoms with van der Waals surface area (Å²) < 4.78 is 0. The molecule has 6 aromatic rings. The first kappa shape index (κ1) is 41.0. The Balaban J connectivity index is 1.57. The van der Waals surface area contributed by atoms with Crippen molar-refractivity contribution in [1.29, 1.82) is 0 Å². The smallest absolute Gasteiger partial charge is 0.0121 e. The van der Waals surface area contributed by atoms with Crippen LogP contribution in [0, 0.1) is 29.6 Å². The summed E-state index contributed by atoms with van der Waals surface area (Å²) in [6, 6.07) is 68.9. The van der Waals surface area contributed by atoms with Crippen molar-refractivity contribution >= 4 is 0 Å². The molecular formula is C56H66. The van der Waals surface area contributed by atoms with Gasteiger partial charge in [-0.2, -0.15) is 0 Å². The molecule has 56 heavy (non-hydrogen) atoms. The minimum absolute atomic E-state index is 0.204. The Labute approximate surface area is 340 Å². The van der Waals surface area contributed by atoms with Crippen molar-refractivity contribution in [3.8, 4) is 0 Å². The molecule has 6 rings (SSSR count). The molecule has 0 saturated carbocycles. The molecule has 0 aliphatic rings. The molecule has 0 N–H and O–H groups in total. The molecule has 0 aliphatic carbocycles. The highest BCUT2D eigenvalue weighted by molar-refractivity contribution is 5.43. The van der Waals surface area contributed by atoms with Crippen LogP contribution in [0.4, 0.5) is 0 Å². The first-order valence-corrected chi connectivity index (χ1v) is 21.7. The highest BCUT2D eigenvalue weighted by Crippen LogP contribution is 2.61. The van der Waals surface area contributed by atoms with Gasteiger partial charge in [-0.15, -0.1) is 0 Å². The number of benzene rings is 6. The summed E-state index contributed by atoms with van der Waals surface area (Å²) in [6.45, 7) is 12.8. The maximum Gasteiger partial charge on any atom is 0.0121 e. The van der Waals surface area contributed by atoms with Crippen LogP contribution in [0.1, 0.15) is 106 Å². The first-order valence-electron chi connectivity index (χ1n) is 21.7. The predicted molar refractivity (Wildman–Crippen MR) is 241 cm³/mol. The summed E-state index contributed by atoms with van der Waals surface area (Å²) in [5.74, 6) is 2.75. The fourth-order valence-electron chi connectivity index (χ4n) is 10.6. The molecule has 0 amide bonds. The molecule has 0 heterocycles. The first-order chi connectivity index (χ1) is 27.4. The average molecular weight is 739 g/mol. The van der Waals surface area contributed by atoms with E-state index in [-0.39, 0.29) is 17.3 Å². The van der Waals surface area contributed by atoms with Crippen LogP contribution in [0.3, 0.4) is 0 Å². The number of rotatable bonds is 20. The third-order valence-electron chi connectivity index (χ3n) is 13.6. The van der Waals surface area contributed by atoms with Crippen LogP contribution >= 0.6 is 0 Å². The second-order valence-corrected chi connectivity index (χ2v) is 17.0. The molecule has 0 bridgehead atoms. The van der Waals surface area contributed by atoms with Gasteiger partial charge in [-0.25, -0.2) is 0 Å². The quantitative estimate of drug-likeness (QED) is 0.0684. The molecule has 0 saturated heterocycles. The van der Waals surface area contributed by atoms with E-state index in [1.54, 1.807) is 0 Å². The van der Waals surface area contributed by atoms with Gasteiger partial charge in [0.2, 0.25) is 0 Å². The molecule has 0 aromatic heterocycles. The van der Waals surface area contributed by atoms with E-state index in [0.717, 1.165) is 25.7 Å². The maximum absolute atomic E-state index is 2.64. The van der Waals surface area contributed by atoms with Gasteiger partial charge in [0.05, 0.1) is 0 Å². The van der Waals surface area contributed by atoms with Crippen LogP contribution in [-0.4, -0.2) is 0 Å². The summed E-state index contributed by atoms with van der Waals surface area (Å²) in [5.41, 5.74) is 8.58. The van der Waals surface area contributed by atoms with E-state index < -0.39 is 0 Å². The Kier molecular flexibility index (Phi) is 15.0. The van der Waals surface area contributed by atoms with E-state index in [2.05, 4.69) is 217 Å². The van der Waals surface area contributed by atoms with E-state index in [1.807, 2.05) is 0 Å². The fraction of sp³-hybridized carbons (Fsp3) is 0.357. The van der Waals surface area contributed by atoms with E-state index in [4.69, 9.17) is 0 Å². The molecule has 0 fully saturated rings. The summed E-state index contributed by atoms with van der Waals surface area (Å²) in [5, 5.41) is 0. The van der Waals surface area contributed by atoms with Gasteiger partial charge in [-0.3, -0.25) is 0 Å². The minimum atomic E-state index is -0.204. The van der Waals surface area contributed by atoms with E-state index >= 15 is 0 Å². The molecule has 290 valence electrons. The van der Waals surface area contributed by atoms with Gasteiger partial charge < -0.3 is 0 Å². The van der Waals surface area contributed by atoms with Crippen LogP contribution < -0.4 is 0 Å². The number of hydrogen-bond acceptors (Lipinski definition) is 0. The van der Waals surface area contributed by atoms with Crippen LogP contribution in [0.15, 0.2) is 182 Å². The normalized spacial score (nSPS) is 16.4. The Morgan fingerprint density at radius 3 is 1.32 bits per heavy atom. The Bertz CT molecular complexity index is 1940. The van der Waals surface area contributed by atoms with Gasteiger partial charge >= 0.3 is 0 Å². The number of aryl methyl sites for hydroxylation is 1. The zero-order chi connectivity index (χ0) is 39.2. The van der Waals surface area contributed by atoms with Crippen molar-refractivity contribution in [2.45, 2.75) is 96.8 Å². The van der Waals surface area contributed by atoms with Gasteiger partial charge in [-0.05, 0) is 107 Å². The summed E-state index contributed by atoms with van der Waals surface area (Å²) in [7, 11) is 0. The number of unbranched alkanes of at least 4 members (excludes halogenated alkanes) is 1. The van der Waals surface area contributed by atoms with Crippen LogP contribution in [-0.2, 0) is 24.7 Å². The Morgan fingerprint density at radius 1 is 0.429 bits per heavy atom. The molecule has 0 radical (unpaired) electrons. The minimum Gasteiger partial charge on any atom is -0.0651 e. The van der Waals surface area contributed by atoms with Crippen molar-refractivity contribution in [2.75, 3.05) is 0 Å². The molecule has 0 spiro atoms. The third-order valence-corrected chi connectivity index (χ3v) is 13.6. The lowest BCUT2D eigenvalue weighted by atomic mass is 9.46. The molecule has 0 aliphatic heterocycles. The predicted octanol–water partition coefficient (Wildman–Crippen LogP) is 15.0. The van der Waals surface area contributed by atoms with Crippen molar-refractivity contribution in [2.24, 2.45) is 29.6 Å². The van der Waals surface area contributed by atoms with Crippen LogP contribution in [0.2, 0.25) is 0 Å². The van der Waals surface area contributed by atoms with Gasteiger partial charge in [0.15, 0.2) is 0 Å². The van der Waals surface area contributed by atoms with Crippen molar-refractivity contribution in [1.82, 2.24) is 0 Å². The molecule has 0 heteroatoms. The SMILES string of the molecule is CCC(Cc1ccccc1)C(C)C(c1ccccc1)C(c1ccccc1)(C(C)CCCCc1ccccc1)C(c1ccccc1)C(C)C(C)Cc1ccccc1. The summed E-state index contributed by atoms with van der Waals surface area (Å²) in [4.78, 5) is 0. The molecule has 8 atom stereocenters. The maximum atomic E-state index is 2.64. The van der Waals surface area contributed by atoms with Crippen LogP contribution in [0.25, 0.3) is 0 Å². The van der Waals surface area contributed by atoms with Crippen molar-refractivity contribution in [3.05, 3.63) is 215 Å². The molecular weight excluding hydrogens is 673 g/mol. The largest absolute Gasteiger partial charge is 0.0651 e. The van der Waals surface area contributed by atoms with E-state index in [1.165, 1.54) is 52.6 Å². The second kappa shape index (κ2) is 20.5. The lowest BCUT2D eigenvalue weighted by molar-refractivity contribution is 0.0769. The summed E-state index contributed by atoms with van der Waals surface area (Å²) in [6.07, 6.45) is 8.02. The fourth-order valence-corrected chi connectivity index (χ4v) is 10.6. The van der Waals surface area contributed by atoms with Crippen molar-refractivity contribution in [3.63, 3.8) is 0 Å². The average Bonchev–Trinajstić information content (AvgIpc) is 3.26.